The molecule has 11 rings (SSSR count). The largest absolute Gasteiger partial charge is 0.455 e. The van der Waals surface area contributed by atoms with Gasteiger partial charge in [0.15, 0.2) is 5.82 Å². The number of rotatable bonds is 6. The first-order valence-corrected chi connectivity index (χ1v) is 19.5. The Morgan fingerprint density at radius 2 is 0.947 bits per heavy atom. The zero-order valence-electron chi connectivity index (χ0n) is 31.4. The summed E-state index contributed by atoms with van der Waals surface area (Å²) in [5.41, 5.74) is 17.3. The first kappa shape index (κ1) is 33.0. The number of hydrogen-bond acceptors (Lipinski definition) is 3. The van der Waals surface area contributed by atoms with Crippen molar-refractivity contribution in [3.8, 4) is 67.3 Å². The maximum atomic E-state index is 6.43. The fourth-order valence-electron chi connectivity index (χ4n) is 8.89. The van der Waals surface area contributed by atoms with Crippen LogP contribution in [0, 0.1) is 0 Å². The number of hydrogen-bond donors (Lipinski definition) is 0. The molecule has 0 saturated carbocycles. The van der Waals surface area contributed by atoms with E-state index in [9.17, 15) is 0 Å². The molecular formula is C54H36N2O. The van der Waals surface area contributed by atoms with Gasteiger partial charge in [0.1, 0.15) is 11.2 Å². The van der Waals surface area contributed by atoms with E-state index >= 15 is 0 Å². The predicted octanol–water partition coefficient (Wildman–Crippen LogP) is 14.0. The molecular weight excluding hydrogens is 693 g/mol. The Hall–Kier alpha value is -7.36. The van der Waals surface area contributed by atoms with E-state index in [1.807, 2.05) is 30.3 Å². The average molecular weight is 729 g/mol. The summed E-state index contributed by atoms with van der Waals surface area (Å²) < 4.78 is 6.43. The number of benzene rings is 8. The lowest BCUT2D eigenvalue weighted by Crippen LogP contribution is -2.22. The smallest absolute Gasteiger partial charge is 0.160 e. The lowest BCUT2D eigenvalue weighted by molar-refractivity contribution is 0.670. The van der Waals surface area contributed by atoms with E-state index in [0.717, 1.165) is 66.7 Å². The molecule has 0 aliphatic heterocycles. The molecule has 0 bridgehead atoms. The van der Waals surface area contributed by atoms with Crippen molar-refractivity contribution >= 4 is 21.9 Å². The van der Waals surface area contributed by atoms with Gasteiger partial charge in [0.2, 0.25) is 0 Å². The maximum Gasteiger partial charge on any atom is 0.160 e. The minimum absolute atomic E-state index is 0.266. The highest BCUT2D eigenvalue weighted by Crippen LogP contribution is 2.53. The standard InChI is InChI=1S/C54H36N2O/c1-54(41-21-6-3-7-22-41)47-27-10-8-23-43(47)44-30-29-37(33-48(44)54)36-17-12-19-39(31-36)49-34-50(56-53(55-49)35-15-4-2-5-16-35)40-20-13-18-38(32-40)42-25-14-26-46-45-24-9-11-28-51(45)57-52(42)46/h2-34H,1H3. The zero-order chi connectivity index (χ0) is 37.9. The van der Waals surface area contributed by atoms with Crippen LogP contribution in [0.4, 0.5) is 0 Å². The van der Waals surface area contributed by atoms with Crippen LogP contribution in [0.2, 0.25) is 0 Å². The molecule has 0 saturated heterocycles. The van der Waals surface area contributed by atoms with E-state index in [2.05, 4.69) is 177 Å². The Kier molecular flexibility index (Phi) is 7.61. The summed E-state index contributed by atoms with van der Waals surface area (Å²) in [6.45, 7) is 2.37. The molecule has 0 amide bonds. The van der Waals surface area contributed by atoms with Crippen molar-refractivity contribution < 1.29 is 4.42 Å². The van der Waals surface area contributed by atoms with Crippen molar-refractivity contribution in [2.75, 3.05) is 0 Å². The van der Waals surface area contributed by atoms with Gasteiger partial charge >= 0.3 is 0 Å². The molecule has 1 atom stereocenters. The molecule has 2 aromatic heterocycles. The normalized spacial score (nSPS) is 14.5. The molecule has 1 aliphatic carbocycles. The van der Waals surface area contributed by atoms with Gasteiger partial charge in [-0.1, -0.05) is 170 Å². The van der Waals surface area contributed by atoms with Crippen molar-refractivity contribution in [2.45, 2.75) is 12.3 Å². The summed E-state index contributed by atoms with van der Waals surface area (Å²) in [5.74, 6) is 0.687. The first-order chi connectivity index (χ1) is 28.1. The van der Waals surface area contributed by atoms with Crippen LogP contribution in [0.5, 0.6) is 0 Å². The summed E-state index contributed by atoms with van der Waals surface area (Å²) >= 11 is 0. The molecule has 1 unspecified atom stereocenters. The second-order valence-electron chi connectivity index (χ2n) is 15.1. The SMILES string of the molecule is CC1(c2ccccc2)c2ccccc2-c2ccc(-c3cccc(-c4cc(-c5cccc(-c6cccc7c6oc6ccccc67)c5)nc(-c5ccccc5)n4)c3)cc21. The third-order valence-electron chi connectivity index (χ3n) is 11.8. The highest BCUT2D eigenvalue weighted by atomic mass is 16.3. The van der Waals surface area contributed by atoms with Crippen LogP contribution >= 0.6 is 0 Å². The third-order valence-corrected chi connectivity index (χ3v) is 11.8. The Labute approximate surface area is 331 Å². The number of para-hydroxylation sites is 2. The topological polar surface area (TPSA) is 38.9 Å². The lowest BCUT2D eigenvalue weighted by atomic mass is 9.74. The molecule has 268 valence electrons. The van der Waals surface area contributed by atoms with Crippen LogP contribution in [0.25, 0.3) is 89.2 Å². The van der Waals surface area contributed by atoms with E-state index in [4.69, 9.17) is 14.4 Å². The van der Waals surface area contributed by atoms with E-state index in [-0.39, 0.29) is 5.41 Å². The Morgan fingerprint density at radius 3 is 1.75 bits per heavy atom. The Bertz CT molecular complexity index is 3140. The molecule has 1 aliphatic rings. The summed E-state index contributed by atoms with van der Waals surface area (Å²) in [5, 5.41) is 2.23. The van der Waals surface area contributed by atoms with Gasteiger partial charge in [-0.05, 0) is 81.8 Å². The minimum atomic E-state index is -0.266. The van der Waals surface area contributed by atoms with E-state index in [0.29, 0.717) is 5.82 Å². The van der Waals surface area contributed by atoms with E-state index in [1.54, 1.807) is 0 Å². The fourth-order valence-corrected chi connectivity index (χ4v) is 8.89. The molecule has 0 spiro atoms. The summed E-state index contributed by atoms with van der Waals surface area (Å²) in [6, 6.07) is 71.0. The third kappa shape index (κ3) is 5.43. The summed E-state index contributed by atoms with van der Waals surface area (Å²) in [4.78, 5) is 10.4. The van der Waals surface area contributed by atoms with E-state index in [1.165, 1.54) is 33.4 Å². The monoisotopic (exact) mass is 728 g/mol. The summed E-state index contributed by atoms with van der Waals surface area (Å²) in [7, 11) is 0. The van der Waals surface area contributed by atoms with Crippen molar-refractivity contribution in [1.29, 1.82) is 0 Å². The Balaban J connectivity index is 1.02. The van der Waals surface area contributed by atoms with Gasteiger partial charge in [0, 0.05) is 38.4 Å². The first-order valence-electron chi connectivity index (χ1n) is 19.5. The van der Waals surface area contributed by atoms with Gasteiger partial charge in [-0.2, -0.15) is 0 Å². The second-order valence-corrected chi connectivity index (χ2v) is 15.1. The van der Waals surface area contributed by atoms with Crippen LogP contribution in [-0.2, 0) is 5.41 Å². The van der Waals surface area contributed by atoms with Gasteiger partial charge in [-0.25, -0.2) is 9.97 Å². The molecule has 3 heteroatoms. The number of furan rings is 1. The van der Waals surface area contributed by atoms with Crippen molar-refractivity contribution in [1.82, 2.24) is 9.97 Å². The predicted molar refractivity (Wildman–Crippen MR) is 234 cm³/mol. The number of nitrogens with zero attached hydrogens (tertiary/aromatic N) is 2. The molecule has 57 heavy (non-hydrogen) atoms. The van der Waals surface area contributed by atoms with Gasteiger partial charge in [-0.3, -0.25) is 0 Å². The Morgan fingerprint density at radius 1 is 0.386 bits per heavy atom. The van der Waals surface area contributed by atoms with Gasteiger partial charge in [0.25, 0.3) is 0 Å². The van der Waals surface area contributed by atoms with Gasteiger partial charge < -0.3 is 4.42 Å². The molecule has 2 heterocycles. The molecule has 10 aromatic rings. The molecule has 3 nitrogen and oxygen atoms in total. The maximum absolute atomic E-state index is 6.43. The highest BCUT2D eigenvalue weighted by molar-refractivity contribution is 6.09. The fraction of sp³-hybridized carbons (Fsp3) is 0.0370. The van der Waals surface area contributed by atoms with Crippen molar-refractivity contribution in [3.63, 3.8) is 0 Å². The minimum Gasteiger partial charge on any atom is -0.455 e. The van der Waals surface area contributed by atoms with Crippen LogP contribution < -0.4 is 0 Å². The molecule has 8 aromatic carbocycles. The lowest BCUT2D eigenvalue weighted by Gasteiger charge is -2.28. The molecule has 0 fully saturated rings. The van der Waals surface area contributed by atoms with Crippen LogP contribution in [0.3, 0.4) is 0 Å². The van der Waals surface area contributed by atoms with Crippen molar-refractivity contribution in [3.05, 3.63) is 217 Å². The highest BCUT2D eigenvalue weighted by Gasteiger charge is 2.40. The molecule has 0 radical (unpaired) electrons. The van der Waals surface area contributed by atoms with Crippen molar-refractivity contribution in [2.24, 2.45) is 0 Å². The number of aromatic nitrogens is 2. The van der Waals surface area contributed by atoms with Gasteiger partial charge in [0.05, 0.1) is 11.4 Å². The average Bonchev–Trinajstić information content (AvgIpc) is 3.80. The zero-order valence-corrected chi connectivity index (χ0v) is 31.4. The second kappa shape index (κ2) is 13.1. The number of fused-ring (bicyclic) bond motifs is 6. The van der Waals surface area contributed by atoms with Crippen LogP contribution in [-0.4, -0.2) is 9.97 Å². The molecule has 0 N–H and O–H groups in total. The van der Waals surface area contributed by atoms with Crippen LogP contribution in [0.1, 0.15) is 23.6 Å². The quantitative estimate of drug-likeness (QED) is 0.171. The van der Waals surface area contributed by atoms with Crippen LogP contribution in [0.15, 0.2) is 205 Å². The summed E-state index contributed by atoms with van der Waals surface area (Å²) in [6.07, 6.45) is 0. The van der Waals surface area contributed by atoms with Gasteiger partial charge in [-0.15, -0.1) is 0 Å². The van der Waals surface area contributed by atoms with E-state index < -0.39 is 0 Å².